The highest BCUT2D eigenvalue weighted by molar-refractivity contribution is 6.35. The molecule has 0 bridgehead atoms. The molecule has 0 saturated heterocycles. The van der Waals surface area contributed by atoms with Gasteiger partial charge in [-0.2, -0.15) is 0 Å². The highest BCUT2D eigenvalue weighted by atomic mass is 35.5. The van der Waals surface area contributed by atoms with E-state index in [1.165, 1.54) is 6.07 Å². The summed E-state index contributed by atoms with van der Waals surface area (Å²) in [5.41, 5.74) is 0.823. The van der Waals surface area contributed by atoms with Gasteiger partial charge in [0.25, 0.3) is 0 Å². The Kier molecular flexibility index (Phi) is 4.65. The van der Waals surface area contributed by atoms with Crippen LogP contribution in [0.15, 0.2) is 24.3 Å². The highest BCUT2D eigenvalue weighted by Gasteiger charge is 2.14. The number of anilines is 1. The van der Waals surface area contributed by atoms with Gasteiger partial charge < -0.3 is 10.4 Å². The standard InChI is InChI=1S/C12H8Cl3N3O2/c13-7-2-1-6(8(14)3-7)5-16-9-4-10(15)17-18-11(9)12(19)20/h1-4H,5H2,(H,16,17)(H,19,20). The Balaban J connectivity index is 2.22. The summed E-state index contributed by atoms with van der Waals surface area (Å²) in [6, 6.07) is 6.44. The summed E-state index contributed by atoms with van der Waals surface area (Å²) in [5, 5.41) is 20.1. The van der Waals surface area contributed by atoms with Crippen LogP contribution < -0.4 is 5.32 Å². The number of hydrogen-bond donors (Lipinski definition) is 2. The lowest BCUT2D eigenvalue weighted by molar-refractivity contribution is 0.0690. The number of carboxylic acids is 1. The Morgan fingerprint density at radius 2 is 1.95 bits per heavy atom. The third-order valence-electron chi connectivity index (χ3n) is 2.45. The molecule has 1 heterocycles. The van der Waals surface area contributed by atoms with Crippen molar-refractivity contribution < 1.29 is 9.90 Å². The minimum Gasteiger partial charge on any atom is -0.476 e. The predicted molar refractivity (Wildman–Crippen MR) is 77.8 cm³/mol. The van der Waals surface area contributed by atoms with E-state index >= 15 is 0 Å². The van der Waals surface area contributed by atoms with Gasteiger partial charge in [0.15, 0.2) is 10.8 Å². The lowest BCUT2D eigenvalue weighted by Gasteiger charge is -2.10. The van der Waals surface area contributed by atoms with E-state index in [0.29, 0.717) is 16.6 Å². The first kappa shape index (κ1) is 14.8. The molecule has 0 aliphatic heterocycles. The van der Waals surface area contributed by atoms with Gasteiger partial charge in [0.05, 0.1) is 5.69 Å². The van der Waals surface area contributed by atoms with Crippen molar-refractivity contribution in [1.29, 1.82) is 0 Å². The van der Waals surface area contributed by atoms with E-state index in [2.05, 4.69) is 15.5 Å². The number of aromatic carboxylic acids is 1. The summed E-state index contributed by atoms with van der Waals surface area (Å²) in [7, 11) is 0. The SMILES string of the molecule is O=C(O)c1nnc(Cl)cc1NCc1ccc(Cl)cc1Cl. The second kappa shape index (κ2) is 6.26. The number of halogens is 3. The Hall–Kier alpha value is -1.56. The van der Waals surface area contributed by atoms with Crippen LogP contribution in [-0.4, -0.2) is 21.3 Å². The molecule has 1 aromatic heterocycles. The molecule has 0 aliphatic carbocycles. The van der Waals surface area contributed by atoms with Gasteiger partial charge in [0.1, 0.15) is 0 Å². The summed E-state index contributed by atoms with van der Waals surface area (Å²) in [4.78, 5) is 11.0. The Labute approximate surface area is 129 Å². The molecule has 20 heavy (non-hydrogen) atoms. The summed E-state index contributed by atoms with van der Waals surface area (Å²) >= 11 is 17.5. The molecule has 2 rings (SSSR count). The summed E-state index contributed by atoms with van der Waals surface area (Å²) in [5.74, 6) is -1.20. The van der Waals surface area contributed by atoms with Crippen molar-refractivity contribution in [1.82, 2.24) is 10.2 Å². The molecule has 2 aromatic rings. The second-order valence-corrected chi connectivity index (χ2v) is 5.05. The monoisotopic (exact) mass is 331 g/mol. The van der Waals surface area contributed by atoms with E-state index in [-0.39, 0.29) is 16.5 Å². The lowest BCUT2D eigenvalue weighted by Crippen LogP contribution is -2.10. The topological polar surface area (TPSA) is 75.1 Å². The summed E-state index contributed by atoms with van der Waals surface area (Å²) in [6.07, 6.45) is 0. The van der Waals surface area contributed by atoms with Crippen molar-refractivity contribution in [2.24, 2.45) is 0 Å². The molecule has 1 aromatic carbocycles. The third kappa shape index (κ3) is 3.50. The molecule has 0 atom stereocenters. The summed E-state index contributed by atoms with van der Waals surface area (Å²) < 4.78 is 0. The molecule has 2 N–H and O–H groups in total. The van der Waals surface area contributed by atoms with Gasteiger partial charge in [-0.25, -0.2) is 4.79 Å². The zero-order chi connectivity index (χ0) is 14.7. The van der Waals surface area contributed by atoms with Crippen molar-refractivity contribution in [2.75, 3.05) is 5.32 Å². The fourth-order valence-corrected chi connectivity index (χ4v) is 2.14. The number of rotatable bonds is 4. The molecule has 5 nitrogen and oxygen atoms in total. The fraction of sp³-hybridized carbons (Fsp3) is 0.0833. The van der Waals surface area contributed by atoms with Crippen LogP contribution in [-0.2, 0) is 6.54 Å². The van der Waals surface area contributed by atoms with Gasteiger partial charge in [0, 0.05) is 22.7 Å². The molecular weight excluding hydrogens is 325 g/mol. The lowest BCUT2D eigenvalue weighted by atomic mass is 10.2. The van der Waals surface area contributed by atoms with Crippen molar-refractivity contribution in [2.45, 2.75) is 6.54 Å². The fourth-order valence-electron chi connectivity index (χ4n) is 1.52. The van der Waals surface area contributed by atoms with E-state index in [9.17, 15) is 4.79 Å². The first-order chi connectivity index (χ1) is 9.47. The number of carbonyl (C=O) groups is 1. The minimum absolute atomic E-state index is 0.0969. The van der Waals surface area contributed by atoms with Crippen LogP contribution in [0.1, 0.15) is 16.1 Å². The average Bonchev–Trinajstić information content (AvgIpc) is 2.37. The van der Waals surface area contributed by atoms with E-state index in [1.54, 1.807) is 18.2 Å². The molecule has 0 fully saturated rings. The zero-order valence-corrected chi connectivity index (χ0v) is 12.2. The normalized spacial score (nSPS) is 10.3. The van der Waals surface area contributed by atoms with Gasteiger partial charge in [0.2, 0.25) is 0 Å². The van der Waals surface area contributed by atoms with Crippen LogP contribution in [0.3, 0.4) is 0 Å². The van der Waals surface area contributed by atoms with E-state index in [1.807, 2.05) is 0 Å². The van der Waals surface area contributed by atoms with Gasteiger partial charge in [-0.05, 0) is 17.7 Å². The molecule has 0 saturated carbocycles. The molecule has 0 amide bonds. The van der Waals surface area contributed by atoms with Gasteiger partial charge in [-0.1, -0.05) is 40.9 Å². The predicted octanol–water partition coefficient (Wildman–Crippen LogP) is 3.75. The quantitative estimate of drug-likeness (QED) is 0.892. The van der Waals surface area contributed by atoms with Crippen LogP contribution >= 0.6 is 34.8 Å². The van der Waals surface area contributed by atoms with Crippen molar-refractivity contribution in [3.8, 4) is 0 Å². The van der Waals surface area contributed by atoms with Crippen molar-refractivity contribution in [3.63, 3.8) is 0 Å². The van der Waals surface area contributed by atoms with E-state index in [4.69, 9.17) is 39.9 Å². The highest BCUT2D eigenvalue weighted by Crippen LogP contribution is 2.23. The van der Waals surface area contributed by atoms with Crippen LogP contribution in [0.2, 0.25) is 15.2 Å². The maximum absolute atomic E-state index is 11.0. The molecular formula is C12H8Cl3N3O2. The van der Waals surface area contributed by atoms with Crippen molar-refractivity contribution >= 4 is 46.5 Å². The third-order valence-corrected chi connectivity index (χ3v) is 3.22. The molecule has 0 spiro atoms. The van der Waals surface area contributed by atoms with Crippen LogP contribution in [0.5, 0.6) is 0 Å². The first-order valence-electron chi connectivity index (χ1n) is 5.41. The summed E-state index contributed by atoms with van der Waals surface area (Å²) in [6.45, 7) is 0.304. The average molecular weight is 333 g/mol. The molecule has 8 heteroatoms. The Morgan fingerprint density at radius 1 is 1.20 bits per heavy atom. The van der Waals surface area contributed by atoms with Crippen LogP contribution in [0, 0.1) is 0 Å². The van der Waals surface area contributed by atoms with Gasteiger partial charge >= 0.3 is 5.97 Å². The van der Waals surface area contributed by atoms with Gasteiger partial charge in [-0.15, -0.1) is 10.2 Å². The van der Waals surface area contributed by atoms with Crippen molar-refractivity contribution in [3.05, 3.63) is 50.7 Å². The first-order valence-corrected chi connectivity index (χ1v) is 6.55. The maximum atomic E-state index is 11.0. The largest absolute Gasteiger partial charge is 0.476 e. The molecule has 0 aliphatic rings. The smallest absolute Gasteiger partial charge is 0.358 e. The van der Waals surface area contributed by atoms with E-state index in [0.717, 1.165) is 5.56 Å². The van der Waals surface area contributed by atoms with Crippen LogP contribution in [0.25, 0.3) is 0 Å². The second-order valence-electron chi connectivity index (χ2n) is 3.82. The number of hydrogen-bond acceptors (Lipinski definition) is 4. The molecule has 0 unspecified atom stereocenters. The Morgan fingerprint density at radius 3 is 2.60 bits per heavy atom. The van der Waals surface area contributed by atoms with E-state index < -0.39 is 5.97 Å². The number of nitrogens with one attached hydrogen (secondary N) is 1. The zero-order valence-electron chi connectivity index (χ0n) is 9.90. The maximum Gasteiger partial charge on any atom is 0.358 e. The number of benzene rings is 1. The van der Waals surface area contributed by atoms with Crippen LogP contribution in [0.4, 0.5) is 5.69 Å². The molecule has 104 valence electrons. The number of nitrogens with zero attached hydrogens (tertiary/aromatic N) is 2. The number of aromatic nitrogens is 2. The number of carboxylic acid groups (broad SMARTS) is 1. The Bertz CT molecular complexity index is 664. The molecule has 0 radical (unpaired) electrons. The van der Waals surface area contributed by atoms with Gasteiger partial charge in [-0.3, -0.25) is 0 Å². The minimum atomic E-state index is -1.20.